The van der Waals surface area contributed by atoms with Gasteiger partial charge in [0.1, 0.15) is 0 Å². The van der Waals surface area contributed by atoms with Crippen molar-refractivity contribution in [1.29, 1.82) is 0 Å². The summed E-state index contributed by atoms with van der Waals surface area (Å²) in [5.41, 5.74) is 1.85. The van der Waals surface area contributed by atoms with Gasteiger partial charge in [0.2, 0.25) is 5.91 Å². The van der Waals surface area contributed by atoms with Gasteiger partial charge in [-0.15, -0.1) is 11.3 Å². The van der Waals surface area contributed by atoms with Crippen molar-refractivity contribution in [2.75, 3.05) is 17.2 Å². The molecule has 1 heterocycles. The Hall–Kier alpha value is -2.67. The largest absolute Gasteiger partial charge is 0.462 e. The number of ether oxygens (including phenoxy) is 1. The Bertz CT molecular complexity index is 869. The third kappa shape index (κ3) is 5.19. The van der Waals surface area contributed by atoms with E-state index in [1.54, 1.807) is 24.3 Å². The summed E-state index contributed by atoms with van der Waals surface area (Å²) in [5.74, 6) is -0.467. The van der Waals surface area contributed by atoms with Crippen LogP contribution < -0.4 is 10.6 Å². The van der Waals surface area contributed by atoms with E-state index in [0.717, 1.165) is 31.2 Å². The second kappa shape index (κ2) is 9.01. The highest BCUT2D eigenvalue weighted by atomic mass is 32.1. The van der Waals surface area contributed by atoms with Gasteiger partial charge in [-0.25, -0.2) is 4.79 Å². The maximum atomic E-state index is 12.6. The van der Waals surface area contributed by atoms with E-state index < -0.39 is 0 Å². The van der Waals surface area contributed by atoms with Crippen molar-refractivity contribution in [1.82, 2.24) is 0 Å². The van der Waals surface area contributed by atoms with Crippen molar-refractivity contribution in [3.63, 3.8) is 0 Å². The van der Waals surface area contributed by atoms with Crippen LogP contribution in [-0.4, -0.2) is 24.4 Å². The highest BCUT2D eigenvalue weighted by Crippen LogP contribution is 2.33. The van der Waals surface area contributed by atoms with Crippen LogP contribution in [0.4, 0.5) is 10.7 Å². The van der Waals surface area contributed by atoms with Gasteiger partial charge < -0.3 is 15.4 Å². The summed E-state index contributed by atoms with van der Waals surface area (Å²) in [6.45, 7) is 4.28. The standard InChI is InChI=1S/C21H24N2O4S/c1-3-4-11-27-21(26)15-7-9-16(10-8-15)22-20(25)18-13(2)12-17(28-18)23-19(24)14-5-6-14/h7-10,12,14H,3-6,11H2,1-2H3,(H,22,25)(H,23,24). The minimum atomic E-state index is -0.364. The summed E-state index contributed by atoms with van der Waals surface area (Å²) in [6.07, 6.45) is 3.67. The highest BCUT2D eigenvalue weighted by Gasteiger charge is 2.30. The molecule has 1 fully saturated rings. The third-order valence-electron chi connectivity index (χ3n) is 4.43. The second-order valence-corrected chi connectivity index (χ2v) is 7.96. The summed E-state index contributed by atoms with van der Waals surface area (Å²) < 4.78 is 5.17. The first kappa shape index (κ1) is 20.1. The number of anilines is 2. The van der Waals surface area contributed by atoms with Crippen molar-refractivity contribution < 1.29 is 19.1 Å². The Morgan fingerprint density at radius 3 is 2.50 bits per heavy atom. The van der Waals surface area contributed by atoms with Gasteiger partial charge >= 0.3 is 5.97 Å². The number of rotatable bonds is 8. The van der Waals surface area contributed by atoms with Crippen molar-refractivity contribution in [2.24, 2.45) is 5.92 Å². The first-order valence-corrected chi connectivity index (χ1v) is 10.3. The van der Waals surface area contributed by atoms with Crippen molar-refractivity contribution in [2.45, 2.75) is 39.5 Å². The van der Waals surface area contributed by atoms with E-state index >= 15 is 0 Å². The van der Waals surface area contributed by atoms with Crippen molar-refractivity contribution in [3.05, 3.63) is 46.3 Å². The molecule has 0 unspecified atom stereocenters. The molecule has 0 spiro atoms. The quantitative estimate of drug-likeness (QED) is 0.500. The monoisotopic (exact) mass is 400 g/mol. The van der Waals surface area contributed by atoms with Gasteiger partial charge in [-0.2, -0.15) is 0 Å². The number of amides is 2. The number of hydrogen-bond acceptors (Lipinski definition) is 5. The molecule has 1 saturated carbocycles. The highest BCUT2D eigenvalue weighted by molar-refractivity contribution is 7.18. The number of unbranched alkanes of at least 4 members (excludes halogenated alkanes) is 1. The van der Waals surface area contributed by atoms with Crippen LogP contribution in [0.2, 0.25) is 0 Å². The van der Waals surface area contributed by atoms with Gasteiger partial charge in [-0.1, -0.05) is 13.3 Å². The molecule has 0 aliphatic heterocycles. The zero-order valence-corrected chi connectivity index (χ0v) is 16.9. The molecule has 2 N–H and O–H groups in total. The van der Waals surface area contributed by atoms with Gasteiger partial charge in [-0.05, 0) is 62.1 Å². The Labute approximate surface area is 168 Å². The lowest BCUT2D eigenvalue weighted by atomic mass is 10.2. The minimum absolute atomic E-state index is 0.0228. The third-order valence-corrected chi connectivity index (χ3v) is 5.58. The Kier molecular flexibility index (Phi) is 6.46. The van der Waals surface area contributed by atoms with E-state index in [1.165, 1.54) is 11.3 Å². The lowest BCUT2D eigenvalue weighted by Gasteiger charge is -2.07. The van der Waals surface area contributed by atoms with Crippen LogP contribution in [0, 0.1) is 12.8 Å². The van der Waals surface area contributed by atoms with E-state index in [-0.39, 0.29) is 23.7 Å². The minimum Gasteiger partial charge on any atom is -0.462 e. The Morgan fingerprint density at radius 1 is 1.14 bits per heavy atom. The molecule has 2 aromatic rings. The average molecular weight is 401 g/mol. The fourth-order valence-electron chi connectivity index (χ4n) is 2.61. The SMILES string of the molecule is CCCCOC(=O)c1ccc(NC(=O)c2sc(NC(=O)C3CC3)cc2C)cc1. The van der Waals surface area contributed by atoms with Crippen LogP contribution in [0.5, 0.6) is 0 Å². The van der Waals surface area contributed by atoms with Crippen molar-refractivity contribution >= 4 is 39.8 Å². The molecule has 1 aliphatic carbocycles. The summed E-state index contributed by atoms with van der Waals surface area (Å²) in [7, 11) is 0. The topological polar surface area (TPSA) is 84.5 Å². The zero-order chi connectivity index (χ0) is 20.1. The number of hydrogen-bond donors (Lipinski definition) is 2. The van der Waals surface area contributed by atoms with E-state index in [4.69, 9.17) is 4.74 Å². The summed E-state index contributed by atoms with van der Waals surface area (Å²) in [6, 6.07) is 8.42. The molecule has 3 rings (SSSR count). The van der Waals surface area contributed by atoms with Gasteiger partial charge in [0.15, 0.2) is 0 Å². The van der Waals surface area contributed by atoms with Crippen LogP contribution in [0.1, 0.15) is 58.2 Å². The fourth-order valence-corrected chi connectivity index (χ4v) is 3.58. The van der Waals surface area contributed by atoms with Gasteiger partial charge in [0.05, 0.1) is 22.0 Å². The lowest BCUT2D eigenvalue weighted by Crippen LogP contribution is -2.12. The zero-order valence-electron chi connectivity index (χ0n) is 16.0. The summed E-state index contributed by atoms with van der Waals surface area (Å²) >= 11 is 1.26. The van der Waals surface area contributed by atoms with E-state index in [0.29, 0.717) is 27.7 Å². The molecule has 1 aromatic heterocycles. The molecule has 0 saturated heterocycles. The fraction of sp³-hybridized carbons (Fsp3) is 0.381. The number of thiophene rings is 1. The molecule has 1 aromatic carbocycles. The lowest BCUT2D eigenvalue weighted by molar-refractivity contribution is -0.117. The molecule has 0 atom stereocenters. The van der Waals surface area contributed by atoms with Gasteiger partial charge in [-0.3, -0.25) is 9.59 Å². The molecule has 148 valence electrons. The Morgan fingerprint density at radius 2 is 1.86 bits per heavy atom. The van der Waals surface area contributed by atoms with Crippen LogP contribution in [0.3, 0.4) is 0 Å². The average Bonchev–Trinajstić information content (AvgIpc) is 3.46. The van der Waals surface area contributed by atoms with Crippen LogP contribution >= 0.6 is 11.3 Å². The number of carbonyl (C=O) groups is 3. The summed E-state index contributed by atoms with van der Waals surface area (Å²) in [4.78, 5) is 36.9. The Balaban J connectivity index is 1.59. The molecule has 28 heavy (non-hydrogen) atoms. The first-order valence-electron chi connectivity index (χ1n) is 9.47. The van der Waals surface area contributed by atoms with Gasteiger partial charge in [0, 0.05) is 11.6 Å². The normalized spacial score (nSPS) is 13.1. The predicted molar refractivity (Wildman–Crippen MR) is 110 cm³/mol. The molecule has 1 aliphatic rings. The van der Waals surface area contributed by atoms with Gasteiger partial charge in [0.25, 0.3) is 5.91 Å². The molecule has 2 amide bonds. The smallest absolute Gasteiger partial charge is 0.338 e. The first-order chi connectivity index (χ1) is 13.5. The maximum Gasteiger partial charge on any atom is 0.338 e. The number of nitrogens with one attached hydrogen (secondary N) is 2. The molecule has 0 radical (unpaired) electrons. The number of benzene rings is 1. The number of esters is 1. The van der Waals surface area contributed by atoms with E-state index in [1.807, 2.05) is 19.9 Å². The maximum absolute atomic E-state index is 12.6. The molecule has 6 nitrogen and oxygen atoms in total. The molecular formula is C21H24N2O4S. The van der Waals surface area contributed by atoms with E-state index in [2.05, 4.69) is 10.6 Å². The van der Waals surface area contributed by atoms with Crippen LogP contribution in [-0.2, 0) is 9.53 Å². The van der Waals surface area contributed by atoms with Crippen LogP contribution in [0.25, 0.3) is 0 Å². The second-order valence-electron chi connectivity index (χ2n) is 6.91. The molecular weight excluding hydrogens is 376 g/mol. The van der Waals surface area contributed by atoms with Crippen LogP contribution in [0.15, 0.2) is 30.3 Å². The van der Waals surface area contributed by atoms with E-state index in [9.17, 15) is 14.4 Å². The molecule has 0 bridgehead atoms. The molecule has 7 heteroatoms. The number of aryl methyl sites for hydroxylation is 1. The summed E-state index contributed by atoms with van der Waals surface area (Å²) in [5, 5.41) is 6.38. The van der Waals surface area contributed by atoms with Crippen molar-refractivity contribution in [3.8, 4) is 0 Å². The number of carbonyl (C=O) groups excluding carboxylic acids is 3. The predicted octanol–water partition coefficient (Wildman–Crippen LogP) is 4.61.